The lowest BCUT2D eigenvalue weighted by Crippen LogP contribution is -2.51. The molecule has 0 bridgehead atoms. The number of nitrogens with one attached hydrogen (secondary N) is 2. The fourth-order valence-corrected chi connectivity index (χ4v) is 4.42. The molecule has 1 saturated carbocycles. The molecule has 3 rings (SSSR count). The number of benzene rings is 2. The van der Waals surface area contributed by atoms with Crippen LogP contribution in [0.25, 0.3) is 0 Å². The van der Waals surface area contributed by atoms with Gasteiger partial charge in [0.2, 0.25) is 11.7 Å². The van der Waals surface area contributed by atoms with Crippen LogP contribution in [-0.2, 0) is 19.8 Å². The van der Waals surface area contributed by atoms with Gasteiger partial charge in [0, 0.05) is 17.6 Å². The van der Waals surface area contributed by atoms with Crippen molar-refractivity contribution >= 4 is 23.7 Å². The summed E-state index contributed by atoms with van der Waals surface area (Å²) >= 11 is 0. The van der Waals surface area contributed by atoms with E-state index in [0.717, 1.165) is 31.4 Å². The smallest absolute Gasteiger partial charge is 0.239 e. The maximum atomic E-state index is 12.5. The zero-order chi connectivity index (χ0) is 23.7. The molecule has 1 aliphatic carbocycles. The van der Waals surface area contributed by atoms with Crippen molar-refractivity contribution in [3.63, 3.8) is 0 Å². The highest BCUT2D eigenvalue weighted by Crippen LogP contribution is 2.41. The van der Waals surface area contributed by atoms with Crippen molar-refractivity contribution in [3.05, 3.63) is 60.2 Å². The minimum Gasteiger partial charge on any atom is -0.491 e. The average Bonchev–Trinajstić information content (AvgIpc) is 3.28. The Hall–Kier alpha value is -3.03. The lowest BCUT2D eigenvalue weighted by molar-refractivity contribution is -0.131. The summed E-state index contributed by atoms with van der Waals surface area (Å²) in [5.41, 5.74) is 4.85. The first-order chi connectivity index (χ1) is 15.9. The molecule has 2 aromatic carbocycles. The van der Waals surface area contributed by atoms with Crippen molar-refractivity contribution in [1.82, 2.24) is 10.4 Å². The minimum absolute atomic E-state index is 0.0126. The zero-order valence-corrected chi connectivity index (χ0v) is 19.4. The largest absolute Gasteiger partial charge is 0.491 e. The van der Waals surface area contributed by atoms with Crippen LogP contribution in [0.3, 0.4) is 0 Å². The topological polar surface area (TPSA) is 87.7 Å². The number of carbonyl (C=O) groups is 3. The van der Waals surface area contributed by atoms with E-state index in [-0.39, 0.29) is 30.5 Å². The number of hydrazine groups is 1. The number of carbonyl (C=O) groups excluding carboxylic acids is 3. The molecule has 1 aliphatic rings. The van der Waals surface area contributed by atoms with Crippen molar-refractivity contribution in [2.45, 2.75) is 51.0 Å². The van der Waals surface area contributed by atoms with Crippen molar-refractivity contribution in [3.8, 4) is 5.75 Å². The van der Waals surface area contributed by atoms with Crippen molar-refractivity contribution < 1.29 is 19.1 Å². The number of anilines is 1. The highest BCUT2D eigenvalue weighted by atomic mass is 16.5. The average molecular weight is 452 g/mol. The number of aldehydes is 1. The van der Waals surface area contributed by atoms with Crippen LogP contribution in [0.4, 0.5) is 5.69 Å². The Bertz CT molecular complexity index is 922. The molecule has 2 N–H and O–H groups in total. The van der Waals surface area contributed by atoms with E-state index in [9.17, 15) is 14.4 Å². The Balaban J connectivity index is 1.63. The van der Waals surface area contributed by atoms with Gasteiger partial charge in [0.25, 0.3) is 0 Å². The molecule has 0 radical (unpaired) electrons. The molecular formula is C26H33N3O4. The van der Waals surface area contributed by atoms with Crippen molar-refractivity contribution in [1.29, 1.82) is 0 Å². The molecule has 0 spiro atoms. The lowest BCUT2D eigenvalue weighted by atomic mass is 9.78. The third kappa shape index (κ3) is 7.23. The van der Waals surface area contributed by atoms with Gasteiger partial charge in [-0.3, -0.25) is 14.4 Å². The van der Waals surface area contributed by atoms with Gasteiger partial charge in [0.15, 0.2) is 6.29 Å². The lowest BCUT2D eigenvalue weighted by Gasteiger charge is -2.35. The Labute approximate surface area is 195 Å². The molecular weight excluding hydrogens is 418 g/mol. The predicted octanol–water partition coefficient (Wildman–Crippen LogP) is 3.50. The van der Waals surface area contributed by atoms with Gasteiger partial charge in [0.1, 0.15) is 5.75 Å². The summed E-state index contributed by atoms with van der Waals surface area (Å²) in [4.78, 5) is 35.5. The fourth-order valence-electron chi connectivity index (χ4n) is 4.42. The molecule has 0 heterocycles. The summed E-state index contributed by atoms with van der Waals surface area (Å²) in [6.07, 6.45) is 4.64. The van der Waals surface area contributed by atoms with Gasteiger partial charge in [-0.25, -0.2) is 10.4 Å². The van der Waals surface area contributed by atoms with Gasteiger partial charge in [-0.1, -0.05) is 43.2 Å². The van der Waals surface area contributed by atoms with E-state index in [4.69, 9.17) is 4.74 Å². The molecule has 0 unspecified atom stereocenters. The molecule has 176 valence electrons. The van der Waals surface area contributed by atoms with Gasteiger partial charge >= 0.3 is 0 Å². The molecule has 2 aromatic rings. The minimum atomic E-state index is -0.523. The number of ketones is 1. The number of amides is 1. The molecule has 33 heavy (non-hydrogen) atoms. The van der Waals surface area contributed by atoms with Crippen LogP contribution in [0.1, 0.15) is 45.1 Å². The van der Waals surface area contributed by atoms with Gasteiger partial charge in [-0.15, -0.1) is 0 Å². The Morgan fingerprint density at radius 2 is 1.73 bits per heavy atom. The van der Waals surface area contributed by atoms with Crippen LogP contribution in [-0.4, -0.2) is 48.7 Å². The standard InChI is InChI=1S/C26H33N3O4/c1-20(2)33-24-12-10-22(11-13-24)28-25(32)16-27-29(17-23(31)18-30)19-26(14-6-7-15-26)21-8-4-3-5-9-21/h3-5,8-13,18,20,27H,6-7,14-17,19H2,1-2H3,(H,28,32). The van der Waals surface area contributed by atoms with Crippen LogP contribution in [0.15, 0.2) is 54.6 Å². The molecule has 0 saturated heterocycles. The molecule has 0 aromatic heterocycles. The predicted molar refractivity (Wildman–Crippen MR) is 128 cm³/mol. The second-order valence-corrected chi connectivity index (χ2v) is 8.87. The summed E-state index contributed by atoms with van der Waals surface area (Å²) in [6.45, 7) is 4.37. The first-order valence-corrected chi connectivity index (χ1v) is 11.5. The van der Waals surface area contributed by atoms with E-state index < -0.39 is 5.78 Å². The second kappa shape index (κ2) is 11.7. The number of nitrogens with zero attached hydrogens (tertiary/aromatic N) is 1. The van der Waals surface area contributed by atoms with Gasteiger partial charge < -0.3 is 10.1 Å². The molecule has 1 fully saturated rings. The molecule has 0 atom stereocenters. The van der Waals surface area contributed by atoms with Crippen LogP contribution < -0.4 is 15.5 Å². The number of Topliss-reactive ketones (excluding diaryl/α,β-unsaturated/α-hetero) is 1. The van der Waals surface area contributed by atoms with E-state index in [0.29, 0.717) is 18.5 Å². The molecule has 7 heteroatoms. The van der Waals surface area contributed by atoms with Gasteiger partial charge in [0.05, 0.1) is 19.2 Å². The van der Waals surface area contributed by atoms with Gasteiger partial charge in [-0.05, 0) is 56.5 Å². The third-order valence-corrected chi connectivity index (χ3v) is 5.89. The summed E-state index contributed by atoms with van der Waals surface area (Å²) < 4.78 is 5.62. The van der Waals surface area contributed by atoms with Gasteiger partial charge in [-0.2, -0.15) is 0 Å². The third-order valence-electron chi connectivity index (χ3n) is 5.89. The highest BCUT2D eigenvalue weighted by molar-refractivity contribution is 6.25. The maximum Gasteiger partial charge on any atom is 0.239 e. The van der Waals surface area contributed by atoms with E-state index in [2.05, 4.69) is 22.9 Å². The summed E-state index contributed by atoms with van der Waals surface area (Å²) in [7, 11) is 0. The monoisotopic (exact) mass is 451 g/mol. The van der Waals surface area contributed by atoms with Crippen LogP contribution in [0.5, 0.6) is 5.75 Å². The van der Waals surface area contributed by atoms with Crippen LogP contribution >= 0.6 is 0 Å². The number of hydrogen-bond acceptors (Lipinski definition) is 6. The van der Waals surface area contributed by atoms with Crippen LogP contribution in [0.2, 0.25) is 0 Å². The first kappa shape index (κ1) is 24.6. The Morgan fingerprint density at radius 3 is 2.33 bits per heavy atom. The number of rotatable bonds is 12. The van der Waals surface area contributed by atoms with Crippen molar-refractivity contribution in [2.24, 2.45) is 0 Å². The van der Waals surface area contributed by atoms with Crippen LogP contribution in [0, 0.1) is 0 Å². The van der Waals surface area contributed by atoms with E-state index in [1.165, 1.54) is 5.56 Å². The first-order valence-electron chi connectivity index (χ1n) is 11.5. The van der Waals surface area contributed by atoms with E-state index in [1.54, 1.807) is 17.1 Å². The Morgan fingerprint density at radius 1 is 1.06 bits per heavy atom. The Kier molecular flexibility index (Phi) is 8.74. The normalized spacial score (nSPS) is 14.9. The quantitative estimate of drug-likeness (QED) is 0.292. The number of ether oxygens (including phenoxy) is 1. The highest BCUT2D eigenvalue weighted by Gasteiger charge is 2.37. The zero-order valence-electron chi connectivity index (χ0n) is 19.4. The summed E-state index contributed by atoms with van der Waals surface area (Å²) in [5, 5.41) is 4.56. The maximum absolute atomic E-state index is 12.5. The summed E-state index contributed by atoms with van der Waals surface area (Å²) in [6, 6.07) is 17.4. The van der Waals surface area contributed by atoms with E-state index >= 15 is 0 Å². The molecule has 1 amide bonds. The van der Waals surface area contributed by atoms with E-state index in [1.807, 2.05) is 44.2 Å². The molecule has 7 nitrogen and oxygen atoms in total. The number of hydrogen-bond donors (Lipinski definition) is 2. The second-order valence-electron chi connectivity index (χ2n) is 8.87. The van der Waals surface area contributed by atoms with Crippen molar-refractivity contribution in [2.75, 3.05) is 25.0 Å². The SMILES string of the molecule is CC(C)Oc1ccc(NC(=O)CNN(CC(=O)C=O)CC2(c3ccccc3)CCCC2)cc1. The molecule has 0 aliphatic heterocycles. The summed E-state index contributed by atoms with van der Waals surface area (Å²) in [5.74, 6) is -0.0245. The fraction of sp³-hybridized carbons (Fsp3) is 0.423.